The number of allylic oxidation sites excluding steroid dienone is 2. The van der Waals surface area contributed by atoms with Gasteiger partial charge in [-0.15, -0.1) is 0 Å². The number of hydrogen-bond acceptors (Lipinski definition) is 7. The SMILES string of the molecule is CCOCCOC(=O)C(=C/C=C/N(CC)CC)C(=O)OCCOCC. The van der Waals surface area contributed by atoms with E-state index < -0.39 is 11.9 Å². The van der Waals surface area contributed by atoms with Crippen LogP contribution in [0, 0.1) is 0 Å². The van der Waals surface area contributed by atoms with Crippen LogP contribution in [0.1, 0.15) is 27.7 Å². The van der Waals surface area contributed by atoms with Crippen molar-refractivity contribution in [1.82, 2.24) is 4.90 Å². The van der Waals surface area contributed by atoms with Gasteiger partial charge in [-0.05, 0) is 46.0 Å². The minimum absolute atomic E-state index is 0.0794. The smallest absolute Gasteiger partial charge is 0.345 e. The fraction of sp³-hybridized carbons (Fsp3) is 0.667. The van der Waals surface area contributed by atoms with Crippen LogP contribution < -0.4 is 0 Å². The van der Waals surface area contributed by atoms with Gasteiger partial charge in [0, 0.05) is 26.3 Å². The summed E-state index contributed by atoms with van der Waals surface area (Å²) in [6.07, 6.45) is 4.85. The summed E-state index contributed by atoms with van der Waals surface area (Å²) in [5.41, 5.74) is -0.156. The summed E-state index contributed by atoms with van der Waals surface area (Å²) in [5.74, 6) is -1.46. The molecular formula is C18H31NO6. The summed E-state index contributed by atoms with van der Waals surface area (Å²) in [6.45, 7) is 11.2. The first-order valence-electron chi connectivity index (χ1n) is 8.72. The van der Waals surface area contributed by atoms with E-state index in [9.17, 15) is 9.59 Å². The van der Waals surface area contributed by atoms with Gasteiger partial charge in [0.15, 0.2) is 0 Å². The monoisotopic (exact) mass is 357 g/mol. The summed E-state index contributed by atoms with van der Waals surface area (Å²) in [7, 11) is 0. The van der Waals surface area contributed by atoms with Crippen LogP contribution in [0.25, 0.3) is 0 Å². The summed E-state index contributed by atoms with van der Waals surface area (Å²) in [5, 5.41) is 0. The third-order valence-electron chi connectivity index (χ3n) is 3.14. The van der Waals surface area contributed by atoms with E-state index in [1.165, 1.54) is 6.08 Å². The Morgan fingerprint density at radius 2 is 1.28 bits per heavy atom. The van der Waals surface area contributed by atoms with Gasteiger partial charge in [0.25, 0.3) is 0 Å². The molecule has 0 bridgehead atoms. The molecule has 0 radical (unpaired) electrons. The lowest BCUT2D eigenvalue weighted by Gasteiger charge is -2.14. The second kappa shape index (κ2) is 15.7. The van der Waals surface area contributed by atoms with E-state index in [1.54, 1.807) is 12.3 Å². The molecule has 7 heteroatoms. The lowest BCUT2D eigenvalue weighted by atomic mass is 10.2. The minimum atomic E-state index is -0.731. The van der Waals surface area contributed by atoms with Crippen molar-refractivity contribution in [3.05, 3.63) is 23.9 Å². The number of ether oxygens (including phenoxy) is 4. The van der Waals surface area contributed by atoms with Gasteiger partial charge in [-0.2, -0.15) is 0 Å². The van der Waals surface area contributed by atoms with Crippen LogP contribution >= 0.6 is 0 Å². The molecule has 0 unspecified atom stereocenters. The Bertz CT molecular complexity index is 403. The van der Waals surface area contributed by atoms with Crippen molar-refractivity contribution in [2.75, 3.05) is 52.7 Å². The molecule has 0 spiro atoms. The van der Waals surface area contributed by atoms with E-state index in [0.717, 1.165) is 13.1 Å². The average Bonchev–Trinajstić information content (AvgIpc) is 2.62. The highest BCUT2D eigenvalue weighted by molar-refractivity contribution is 6.14. The van der Waals surface area contributed by atoms with Crippen LogP contribution in [-0.2, 0) is 28.5 Å². The molecule has 0 aromatic carbocycles. The maximum Gasteiger partial charge on any atom is 0.345 e. The van der Waals surface area contributed by atoms with E-state index in [0.29, 0.717) is 13.2 Å². The fourth-order valence-corrected chi connectivity index (χ4v) is 1.75. The third-order valence-corrected chi connectivity index (χ3v) is 3.14. The average molecular weight is 357 g/mol. The van der Waals surface area contributed by atoms with Crippen molar-refractivity contribution in [1.29, 1.82) is 0 Å². The number of carbonyl (C=O) groups excluding carboxylic acids is 2. The molecule has 25 heavy (non-hydrogen) atoms. The first kappa shape index (κ1) is 23.1. The molecule has 0 aliphatic heterocycles. The summed E-state index contributed by atoms with van der Waals surface area (Å²) in [4.78, 5) is 26.3. The number of carbonyl (C=O) groups is 2. The molecule has 0 saturated heterocycles. The Balaban J connectivity index is 4.84. The van der Waals surface area contributed by atoms with Gasteiger partial charge < -0.3 is 23.8 Å². The normalized spacial score (nSPS) is 10.6. The Labute approximate surface area is 150 Å². The Kier molecular flexibility index (Phi) is 14.5. The molecule has 0 amide bonds. The Hall–Kier alpha value is -1.86. The highest BCUT2D eigenvalue weighted by Gasteiger charge is 2.20. The van der Waals surface area contributed by atoms with E-state index in [-0.39, 0.29) is 32.0 Å². The van der Waals surface area contributed by atoms with E-state index in [1.807, 2.05) is 32.6 Å². The van der Waals surface area contributed by atoms with E-state index in [2.05, 4.69) is 0 Å². The molecule has 0 aromatic rings. The quantitative estimate of drug-likeness (QED) is 0.117. The molecule has 0 aliphatic rings. The standard InChI is InChI=1S/C18H31NO6/c1-5-19(6-2)11-9-10-16(17(20)24-14-12-22-7-3)18(21)25-15-13-23-8-4/h9-11H,5-8,12-15H2,1-4H3/b11-9+. The maximum atomic E-state index is 12.1. The number of esters is 2. The molecule has 7 nitrogen and oxygen atoms in total. The summed E-state index contributed by atoms with van der Waals surface area (Å²) < 4.78 is 20.3. The van der Waals surface area contributed by atoms with Crippen molar-refractivity contribution in [3.8, 4) is 0 Å². The van der Waals surface area contributed by atoms with Gasteiger partial charge in [0.2, 0.25) is 0 Å². The highest BCUT2D eigenvalue weighted by Crippen LogP contribution is 2.04. The molecular weight excluding hydrogens is 326 g/mol. The third kappa shape index (κ3) is 11.3. The van der Waals surface area contributed by atoms with Gasteiger partial charge in [0.05, 0.1) is 13.2 Å². The van der Waals surface area contributed by atoms with Crippen LogP contribution in [0.5, 0.6) is 0 Å². The fourth-order valence-electron chi connectivity index (χ4n) is 1.75. The van der Waals surface area contributed by atoms with Crippen molar-refractivity contribution < 1.29 is 28.5 Å². The molecule has 0 atom stereocenters. The van der Waals surface area contributed by atoms with Gasteiger partial charge in [-0.3, -0.25) is 0 Å². The van der Waals surface area contributed by atoms with Gasteiger partial charge in [-0.25, -0.2) is 9.59 Å². The first-order chi connectivity index (χ1) is 12.1. The Morgan fingerprint density at radius 1 is 0.800 bits per heavy atom. The highest BCUT2D eigenvalue weighted by atomic mass is 16.6. The summed E-state index contributed by atoms with van der Waals surface area (Å²) >= 11 is 0. The lowest BCUT2D eigenvalue weighted by molar-refractivity contribution is -0.148. The lowest BCUT2D eigenvalue weighted by Crippen LogP contribution is -2.21. The molecule has 0 heterocycles. The molecule has 144 valence electrons. The largest absolute Gasteiger partial charge is 0.459 e. The second-order valence-corrected chi connectivity index (χ2v) is 4.81. The molecule has 0 rings (SSSR count). The number of rotatable bonds is 14. The Morgan fingerprint density at radius 3 is 1.68 bits per heavy atom. The van der Waals surface area contributed by atoms with E-state index in [4.69, 9.17) is 18.9 Å². The second-order valence-electron chi connectivity index (χ2n) is 4.81. The zero-order chi connectivity index (χ0) is 18.9. The molecule has 0 N–H and O–H groups in total. The molecule has 0 saturated carbocycles. The van der Waals surface area contributed by atoms with E-state index >= 15 is 0 Å². The molecule has 0 aliphatic carbocycles. The maximum absolute atomic E-state index is 12.1. The van der Waals surface area contributed by atoms with Gasteiger partial charge >= 0.3 is 11.9 Å². The zero-order valence-corrected chi connectivity index (χ0v) is 15.8. The number of nitrogens with zero attached hydrogens (tertiary/aromatic N) is 1. The van der Waals surface area contributed by atoms with Crippen LogP contribution in [0.3, 0.4) is 0 Å². The van der Waals surface area contributed by atoms with Crippen molar-refractivity contribution in [2.24, 2.45) is 0 Å². The van der Waals surface area contributed by atoms with Crippen molar-refractivity contribution in [3.63, 3.8) is 0 Å². The first-order valence-corrected chi connectivity index (χ1v) is 8.72. The molecule has 0 aromatic heterocycles. The predicted octanol–water partition coefficient (Wildman–Crippen LogP) is 1.93. The topological polar surface area (TPSA) is 74.3 Å². The van der Waals surface area contributed by atoms with Crippen LogP contribution in [-0.4, -0.2) is 69.6 Å². The minimum Gasteiger partial charge on any atom is -0.459 e. The van der Waals surface area contributed by atoms with Crippen LogP contribution in [0.15, 0.2) is 23.9 Å². The molecule has 0 fully saturated rings. The van der Waals surface area contributed by atoms with Crippen molar-refractivity contribution in [2.45, 2.75) is 27.7 Å². The summed E-state index contributed by atoms with van der Waals surface area (Å²) in [6, 6.07) is 0. The number of hydrogen-bond donors (Lipinski definition) is 0. The zero-order valence-electron chi connectivity index (χ0n) is 15.8. The predicted molar refractivity (Wildman–Crippen MR) is 95.0 cm³/mol. The van der Waals surface area contributed by atoms with Crippen LogP contribution in [0.4, 0.5) is 0 Å². The van der Waals surface area contributed by atoms with Gasteiger partial charge in [0.1, 0.15) is 18.8 Å². The van der Waals surface area contributed by atoms with Gasteiger partial charge in [-0.1, -0.05) is 0 Å². The van der Waals surface area contributed by atoms with Crippen LogP contribution in [0.2, 0.25) is 0 Å². The van der Waals surface area contributed by atoms with Crippen molar-refractivity contribution >= 4 is 11.9 Å².